The van der Waals surface area contributed by atoms with Gasteiger partial charge in [-0.15, -0.1) is 0 Å². The molecular formula is C11H15ClN2O3. The van der Waals surface area contributed by atoms with Gasteiger partial charge >= 0.3 is 0 Å². The van der Waals surface area contributed by atoms with E-state index in [2.05, 4.69) is 4.98 Å². The molecule has 6 heteroatoms. The van der Waals surface area contributed by atoms with E-state index in [-0.39, 0.29) is 6.10 Å². The molecule has 0 aliphatic carbocycles. The van der Waals surface area contributed by atoms with Gasteiger partial charge in [0.1, 0.15) is 17.3 Å². The maximum Gasteiger partial charge on any atom is 0.150 e. The summed E-state index contributed by atoms with van der Waals surface area (Å²) < 4.78 is 5.15. The molecule has 17 heavy (non-hydrogen) atoms. The quantitative estimate of drug-likeness (QED) is 0.647. The number of anilines is 1. The topological polar surface area (TPSA) is 62.7 Å². The molecule has 1 fully saturated rings. The highest BCUT2D eigenvalue weighted by molar-refractivity contribution is 6.29. The largest absolute Gasteiger partial charge is 0.400 e. The fourth-order valence-electron chi connectivity index (χ4n) is 1.51. The van der Waals surface area contributed by atoms with Crippen molar-refractivity contribution in [3.8, 4) is 0 Å². The number of rotatable bonds is 3. The van der Waals surface area contributed by atoms with Crippen LogP contribution >= 0.6 is 11.6 Å². The molecule has 0 radical (unpaired) electrons. The first-order chi connectivity index (χ1) is 8.22. The number of hydrogen-bond acceptors (Lipinski definition) is 5. The number of ether oxygens (including phenoxy) is 1. The van der Waals surface area contributed by atoms with Crippen molar-refractivity contribution in [2.75, 3.05) is 32.2 Å². The SMILES string of the molecule is CO.COC1CN(c2cc(C=O)cc(Cl)n2)C1. The second-order valence-electron chi connectivity index (χ2n) is 3.46. The Bertz CT molecular complexity index is 381. The molecule has 94 valence electrons. The standard InChI is InChI=1S/C10H11ClN2O2.CH4O/c1-15-8-4-13(5-8)10-3-7(6-14)2-9(11)12-10;1-2/h2-3,6,8H,4-5H2,1H3;2H,1H3. The molecule has 2 heterocycles. The van der Waals surface area contributed by atoms with Gasteiger partial charge in [-0.25, -0.2) is 4.98 Å². The molecule has 0 bridgehead atoms. The molecule has 0 aromatic carbocycles. The van der Waals surface area contributed by atoms with Gasteiger partial charge in [-0.3, -0.25) is 4.79 Å². The maximum atomic E-state index is 10.6. The number of aliphatic hydroxyl groups excluding tert-OH is 1. The molecule has 1 saturated heterocycles. The van der Waals surface area contributed by atoms with Gasteiger partial charge in [-0.05, 0) is 12.1 Å². The molecule has 1 aliphatic heterocycles. The average Bonchev–Trinajstić information content (AvgIpc) is 2.29. The number of nitrogens with zero attached hydrogens (tertiary/aromatic N) is 2. The summed E-state index contributed by atoms with van der Waals surface area (Å²) in [6.45, 7) is 1.59. The number of pyridine rings is 1. The fourth-order valence-corrected chi connectivity index (χ4v) is 1.72. The molecule has 0 saturated carbocycles. The predicted octanol–water partition coefficient (Wildman–Crippen LogP) is 0.991. The van der Waals surface area contributed by atoms with E-state index in [0.717, 1.165) is 32.3 Å². The lowest BCUT2D eigenvalue weighted by atomic mass is 10.1. The van der Waals surface area contributed by atoms with Gasteiger partial charge in [0, 0.05) is 32.9 Å². The lowest BCUT2D eigenvalue weighted by Gasteiger charge is -2.39. The minimum Gasteiger partial charge on any atom is -0.400 e. The van der Waals surface area contributed by atoms with Gasteiger partial charge < -0.3 is 14.7 Å². The van der Waals surface area contributed by atoms with Crippen LogP contribution in [0.25, 0.3) is 0 Å². The predicted molar refractivity (Wildman–Crippen MR) is 65.8 cm³/mol. The molecule has 1 aromatic rings. The first-order valence-electron chi connectivity index (χ1n) is 5.08. The van der Waals surface area contributed by atoms with Crippen LogP contribution in [0.2, 0.25) is 5.15 Å². The Hall–Kier alpha value is -1.17. The first kappa shape index (κ1) is 13.9. The van der Waals surface area contributed by atoms with E-state index in [0.29, 0.717) is 10.7 Å². The second-order valence-corrected chi connectivity index (χ2v) is 3.85. The molecule has 2 rings (SSSR count). The second kappa shape index (κ2) is 6.54. The number of carbonyl (C=O) groups is 1. The Balaban J connectivity index is 0.000000686. The van der Waals surface area contributed by atoms with Crippen LogP contribution in [-0.2, 0) is 4.74 Å². The van der Waals surface area contributed by atoms with Gasteiger partial charge in [0.15, 0.2) is 0 Å². The highest BCUT2D eigenvalue weighted by Crippen LogP contribution is 2.22. The van der Waals surface area contributed by atoms with Crippen molar-refractivity contribution in [1.29, 1.82) is 0 Å². The normalized spacial score (nSPS) is 14.7. The van der Waals surface area contributed by atoms with Crippen LogP contribution in [0.3, 0.4) is 0 Å². The summed E-state index contributed by atoms with van der Waals surface area (Å²) in [5, 5.41) is 7.34. The van der Waals surface area contributed by atoms with Crippen LogP contribution in [0.15, 0.2) is 12.1 Å². The van der Waals surface area contributed by atoms with Crippen molar-refractivity contribution in [3.63, 3.8) is 0 Å². The van der Waals surface area contributed by atoms with E-state index >= 15 is 0 Å². The summed E-state index contributed by atoms with van der Waals surface area (Å²) in [4.78, 5) is 16.8. The third-order valence-electron chi connectivity index (χ3n) is 2.44. The molecular weight excluding hydrogens is 244 g/mol. The zero-order chi connectivity index (χ0) is 12.8. The number of halogens is 1. The van der Waals surface area contributed by atoms with Crippen molar-refractivity contribution < 1.29 is 14.6 Å². The molecule has 1 N–H and O–H groups in total. The van der Waals surface area contributed by atoms with E-state index in [1.165, 1.54) is 0 Å². The van der Waals surface area contributed by atoms with Gasteiger partial charge in [0.25, 0.3) is 0 Å². The molecule has 5 nitrogen and oxygen atoms in total. The van der Waals surface area contributed by atoms with Crippen LogP contribution < -0.4 is 4.90 Å². The Kier molecular flexibility index (Phi) is 5.34. The van der Waals surface area contributed by atoms with Gasteiger partial charge in [0.2, 0.25) is 0 Å². The molecule has 1 aromatic heterocycles. The number of aldehydes is 1. The fraction of sp³-hybridized carbons (Fsp3) is 0.455. The van der Waals surface area contributed by atoms with E-state index in [1.807, 2.05) is 4.90 Å². The number of hydrogen-bond donors (Lipinski definition) is 1. The number of aliphatic hydroxyl groups is 1. The summed E-state index contributed by atoms with van der Waals surface area (Å²) in [5.74, 6) is 0.734. The van der Waals surface area contributed by atoms with Crippen LogP contribution in [-0.4, -0.2) is 49.8 Å². The first-order valence-corrected chi connectivity index (χ1v) is 5.46. The van der Waals surface area contributed by atoms with E-state index in [1.54, 1.807) is 19.2 Å². The van der Waals surface area contributed by atoms with Crippen LogP contribution in [0, 0.1) is 0 Å². The monoisotopic (exact) mass is 258 g/mol. The van der Waals surface area contributed by atoms with Crippen molar-refractivity contribution in [1.82, 2.24) is 4.98 Å². The summed E-state index contributed by atoms with van der Waals surface area (Å²) >= 11 is 5.80. The zero-order valence-electron chi connectivity index (χ0n) is 9.76. The zero-order valence-corrected chi connectivity index (χ0v) is 10.5. The Labute approximate surface area is 105 Å². The number of methoxy groups -OCH3 is 1. The lowest BCUT2D eigenvalue weighted by molar-refractivity contribution is 0.0783. The summed E-state index contributed by atoms with van der Waals surface area (Å²) in [5.41, 5.74) is 0.547. The van der Waals surface area contributed by atoms with Crippen molar-refractivity contribution >= 4 is 23.7 Å². The summed E-state index contributed by atoms with van der Waals surface area (Å²) in [7, 11) is 2.68. The lowest BCUT2D eigenvalue weighted by Crippen LogP contribution is -2.52. The van der Waals surface area contributed by atoms with Gasteiger partial charge in [0.05, 0.1) is 6.10 Å². The smallest absolute Gasteiger partial charge is 0.150 e. The molecule has 0 atom stereocenters. The Morgan fingerprint density at radius 1 is 1.53 bits per heavy atom. The molecule has 1 aliphatic rings. The van der Waals surface area contributed by atoms with Gasteiger partial charge in [-0.2, -0.15) is 0 Å². The van der Waals surface area contributed by atoms with Crippen LogP contribution in [0.5, 0.6) is 0 Å². The van der Waals surface area contributed by atoms with Crippen LogP contribution in [0.4, 0.5) is 5.82 Å². The van der Waals surface area contributed by atoms with E-state index in [9.17, 15) is 4.79 Å². The molecule has 0 unspecified atom stereocenters. The number of carbonyl (C=O) groups excluding carboxylic acids is 1. The van der Waals surface area contributed by atoms with E-state index < -0.39 is 0 Å². The minimum absolute atomic E-state index is 0.255. The minimum atomic E-state index is 0.255. The van der Waals surface area contributed by atoms with Crippen LogP contribution in [0.1, 0.15) is 10.4 Å². The summed E-state index contributed by atoms with van der Waals surface area (Å²) in [6, 6.07) is 3.27. The van der Waals surface area contributed by atoms with Crippen molar-refractivity contribution in [2.24, 2.45) is 0 Å². The maximum absolute atomic E-state index is 10.6. The highest BCUT2D eigenvalue weighted by atomic mass is 35.5. The van der Waals surface area contributed by atoms with Gasteiger partial charge in [-0.1, -0.05) is 11.6 Å². The third kappa shape index (κ3) is 3.39. The molecule has 0 amide bonds. The average molecular weight is 259 g/mol. The third-order valence-corrected chi connectivity index (χ3v) is 2.64. The summed E-state index contributed by atoms with van der Waals surface area (Å²) in [6.07, 6.45) is 1.02. The Morgan fingerprint density at radius 3 is 2.71 bits per heavy atom. The molecule has 0 spiro atoms. The highest BCUT2D eigenvalue weighted by Gasteiger charge is 2.27. The van der Waals surface area contributed by atoms with Crippen molar-refractivity contribution in [2.45, 2.75) is 6.10 Å². The van der Waals surface area contributed by atoms with Crippen molar-refractivity contribution in [3.05, 3.63) is 22.8 Å². The van der Waals surface area contributed by atoms with E-state index in [4.69, 9.17) is 21.4 Å². The number of aromatic nitrogens is 1. The Morgan fingerprint density at radius 2 is 2.18 bits per heavy atom.